The second-order valence-electron chi connectivity index (χ2n) is 7.16. The first-order chi connectivity index (χ1) is 12.0. The zero-order valence-electron chi connectivity index (χ0n) is 13.9. The van der Waals surface area contributed by atoms with Gasteiger partial charge in [-0.3, -0.25) is 4.57 Å². The second kappa shape index (κ2) is 6.49. The van der Waals surface area contributed by atoms with Crippen LogP contribution >= 0.6 is 0 Å². The summed E-state index contributed by atoms with van der Waals surface area (Å²) in [5.74, 6) is 0.947. The van der Waals surface area contributed by atoms with Crippen molar-refractivity contribution >= 4 is 17.0 Å². The molecular formula is C16H24N6O3. The first kappa shape index (κ1) is 16.6. The molecule has 1 saturated carbocycles. The maximum Gasteiger partial charge on any atom is 0.167 e. The Balaban J connectivity index is 1.50. The van der Waals surface area contributed by atoms with Crippen LogP contribution in [0.15, 0.2) is 12.7 Å². The van der Waals surface area contributed by atoms with E-state index in [1.807, 2.05) is 0 Å². The van der Waals surface area contributed by atoms with E-state index in [1.54, 1.807) is 4.57 Å². The molecule has 2 aliphatic rings. The van der Waals surface area contributed by atoms with Crippen molar-refractivity contribution in [2.45, 2.75) is 62.7 Å². The summed E-state index contributed by atoms with van der Waals surface area (Å²) >= 11 is 0. The molecular weight excluding hydrogens is 324 g/mol. The van der Waals surface area contributed by atoms with Crippen LogP contribution in [0.25, 0.3) is 11.2 Å². The summed E-state index contributed by atoms with van der Waals surface area (Å²) in [5.41, 5.74) is 12.9. The number of rotatable bonds is 5. The van der Waals surface area contributed by atoms with E-state index >= 15 is 0 Å². The van der Waals surface area contributed by atoms with E-state index in [0.29, 0.717) is 23.5 Å². The van der Waals surface area contributed by atoms with Crippen molar-refractivity contribution in [3.63, 3.8) is 0 Å². The van der Waals surface area contributed by atoms with Crippen molar-refractivity contribution in [1.82, 2.24) is 19.5 Å². The molecule has 2 fully saturated rings. The van der Waals surface area contributed by atoms with Crippen molar-refractivity contribution in [2.24, 2.45) is 11.7 Å². The zero-order valence-corrected chi connectivity index (χ0v) is 13.9. The molecule has 2 aromatic rings. The SMILES string of the molecule is Nc1ncnc2c1ncn2[C@@H]1O[C@H](C[C@H](N)CC2CCC2)[C@@H](O)[C@H]1O. The molecule has 136 valence electrons. The second-order valence-corrected chi connectivity index (χ2v) is 7.16. The summed E-state index contributed by atoms with van der Waals surface area (Å²) in [7, 11) is 0. The number of nitrogen functional groups attached to an aromatic ring is 1. The molecule has 0 radical (unpaired) electrons. The van der Waals surface area contributed by atoms with Gasteiger partial charge in [0.2, 0.25) is 0 Å². The van der Waals surface area contributed by atoms with Gasteiger partial charge in [-0.1, -0.05) is 19.3 Å². The van der Waals surface area contributed by atoms with Gasteiger partial charge < -0.3 is 26.4 Å². The molecule has 0 aromatic carbocycles. The number of nitrogens with two attached hydrogens (primary N) is 2. The molecule has 1 saturated heterocycles. The normalized spacial score (nSPS) is 31.3. The van der Waals surface area contributed by atoms with E-state index in [0.717, 1.165) is 6.42 Å². The zero-order chi connectivity index (χ0) is 17.6. The Morgan fingerprint density at radius 3 is 2.72 bits per heavy atom. The van der Waals surface area contributed by atoms with E-state index in [4.69, 9.17) is 16.2 Å². The van der Waals surface area contributed by atoms with E-state index in [9.17, 15) is 10.2 Å². The summed E-state index contributed by atoms with van der Waals surface area (Å²) < 4.78 is 7.51. The van der Waals surface area contributed by atoms with Crippen LogP contribution in [-0.2, 0) is 4.74 Å². The van der Waals surface area contributed by atoms with Crippen LogP contribution in [0.1, 0.15) is 38.3 Å². The highest BCUT2D eigenvalue weighted by molar-refractivity contribution is 5.81. The minimum absolute atomic E-state index is 0.0478. The molecule has 9 heteroatoms. The summed E-state index contributed by atoms with van der Waals surface area (Å²) in [6.07, 6.45) is 4.61. The van der Waals surface area contributed by atoms with Gasteiger partial charge in [0.1, 0.15) is 24.1 Å². The molecule has 3 heterocycles. The Morgan fingerprint density at radius 2 is 2.00 bits per heavy atom. The fourth-order valence-corrected chi connectivity index (χ4v) is 3.76. The maximum atomic E-state index is 10.4. The molecule has 1 aliphatic heterocycles. The van der Waals surface area contributed by atoms with E-state index < -0.39 is 24.5 Å². The largest absolute Gasteiger partial charge is 0.388 e. The number of imidazole rings is 1. The van der Waals surface area contributed by atoms with Gasteiger partial charge in [-0.2, -0.15) is 0 Å². The molecule has 0 unspecified atom stereocenters. The minimum Gasteiger partial charge on any atom is -0.388 e. The molecule has 0 bridgehead atoms. The van der Waals surface area contributed by atoms with Crippen LogP contribution < -0.4 is 11.5 Å². The number of hydrogen-bond donors (Lipinski definition) is 4. The van der Waals surface area contributed by atoms with Crippen molar-refractivity contribution in [1.29, 1.82) is 0 Å². The van der Waals surface area contributed by atoms with Crippen LogP contribution in [0.4, 0.5) is 5.82 Å². The van der Waals surface area contributed by atoms with Gasteiger partial charge in [0.15, 0.2) is 17.7 Å². The third-order valence-electron chi connectivity index (χ3n) is 5.39. The minimum atomic E-state index is -1.09. The molecule has 1 aliphatic carbocycles. The molecule has 6 N–H and O–H groups in total. The van der Waals surface area contributed by atoms with Gasteiger partial charge in [0.05, 0.1) is 12.4 Å². The van der Waals surface area contributed by atoms with Gasteiger partial charge in [0.25, 0.3) is 0 Å². The Morgan fingerprint density at radius 1 is 1.20 bits per heavy atom. The molecule has 9 nitrogen and oxygen atoms in total. The average Bonchev–Trinajstić information content (AvgIpc) is 3.09. The number of aliphatic hydroxyl groups excluding tert-OH is 2. The molecule has 5 atom stereocenters. The lowest BCUT2D eigenvalue weighted by molar-refractivity contribution is -0.0392. The monoisotopic (exact) mass is 348 g/mol. The topological polar surface area (TPSA) is 145 Å². The lowest BCUT2D eigenvalue weighted by Gasteiger charge is -2.29. The van der Waals surface area contributed by atoms with Crippen molar-refractivity contribution in [2.75, 3.05) is 5.73 Å². The summed E-state index contributed by atoms with van der Waals surface area (Å²) in [6.45, 7) is 0. The Hall–Kier alpha value is -1.81. The van der Waals surface area contributed by atoms with Crippen molar-refractivity contribution < 1.29 is 14.9 Å². The first-order valence-electron chi connectivity index (χ1n) is 8.74. The summed E-state index contributed by atoms with van der Waals surface area (Å²) in [6, 6.07) is -0.0478. The fourth-order valence-electron chi connectivity index (χ4n) is 3.76. The van der Waals surface area contributed by atoms with Gasteiger partial charge in [-0.25, -0.2) is 15.0 Å². The van der Waals surface area contributed by atoms with Gasteiger partial charge in [0, 0.05) is 6.04 Å². The first-order valence-corrected chi connectivity index (χ1v) is 8.74. The highest BCUT2D eigenvalue weighted by atomic mass is 16.6. The number of aliphatic hydroxyl groups is 2. The number of fused-ring (bicyclic) bond motifs is 1. The molecule has 2 aromatic heterocycles. The van der Waals surface area contributed by atoms with Crippen LogP contribution in [-0.4, -0.2) is 54.1 Å². The lowest BCUT2D eigenvalue weighted by atomic mass is 9.80. The van der Waals surface area contributed by atoms with Gasteiger partial charge in [-0.05, 0) is 18.8 Å². The number of nitrogens with zero attached hydrogens (tertiary/aromatic N) is 4. The Labute approximate surface area is 145 Å². The third kappa shape index (κ3) is 2.97. The summed E-state index contributed by atoms with van der Waals surface area (Å²) in [5, 5.41) is 20.8. The third-order valence-corrected chi connectivity index (χ3v) is 5.39. The fraction of sp³-hybridized carbons (Fsp3) is 0.688. The average molecular weight is 348 g/mol. The predicted octanol–water partition coefficient (Wildman–Crippen LogP) is -0.0647. The molecule has 4 rings (SSSR count). The standard InChI is InChI=1S/C16H24N6O3/c17-9(4-8-2-1-3-8)5-10-12(23)13(24)16(25-10)22-7-21-11-14(18)19-6-20-15(11)22/h6-10,12-13,16,23-24H,1-5,17H2,(H2,18,19,20)/t9-,10-,12-,13-,16-/m1/s1. The number of aromatic nitrogens is 4. The van der Waals surface area contributed by atoms with Crippen LogP contribution in [0, 0.1) is 5.92 Å². The van der Waals surface area contributed by atoms with E-state index in [1.165, 1.54) is 31.9 Å². The Bertz CT molecular complexity index is 749. The molecule has 0 amide bonds. The van der Waals surface area contributed by atoms with Crippen LogP contribution in [0.5, 0.6) is 0 Å². The van der Waals surface area contributed by atoms with Crippen molar-refractivity contribution in [3.8, 4) is 0 Å². The van der Waals surface area contributed by atoms with E-state index in [2.05, 4.69) is 15.0 Å². The highest BCUT2D eigenvalue weighted by Crippen LogP contribution is 2.35. The van der Waals surface area contributed by atoms with Crippen LogP contribution in [0.3, 0.4) is 0 Å². The Kier molecular flexibility index (Phi) is 4.32. The highest BCUT2D eigenvalue weighted by Gasteiger charge is 2.44. The van der Waals surface area contributed by atoms with Crippen molar-refractivity contribution in [3.05, 3.63) is 12.7 Å². The van der Waals surface area contributed by atoms with E-state index in [-0.39, 0.29) is 11.9 Å². The lowest BCUT2D eigenvalue weighted by Crippen LogP contribution is -2.36. The van der Waals surface area contributed by atoms with Gasteiger partial charge >= 0.3 is 0 Å². The quantitative estimate of drug-likeness (QED) is 0.588. The number of hydrogen-bond acceptors (Lipinski definition) is 8. The van der Waals surface area contributed by atoms with Gasteiger partial charge in [-0.15, -0.1) is 0 Å². The smallest absolute Gasteiger partial charge is 0.167 e. The number of ether oxygens (including phenoxy) is 1. The predicted molar refractivity (Wildman–Crippen MR) is 90.2 cm³/mol. The number of anilines is 1. The molecule has 25 heavy (non-hydrogen) atoms. The maximum absolute atomic E-state index is 10.4. The summed E-state index contributed by atoms with van der Waals surface area (Å²) in [4.78, 5) is 12.2. The van der Waals surface area contributed by atoms with Crippen LogP contribution in [0.2, 0.25) is 0 Å². The molecule has 0 spiro atoms.